The molecule has 1 amide bonds. The van der Waals surface area contributed by atoms with Crippen LogP contribution in [0.5, 0.6) is 0 Å². The zero-order chi connectivity index (χ0) is 14.3. The molecule has 0 spiro atoms. The fourth-order valence-corrected chi connectivity index (χ4v) is 1.66. The van der Waals surface area contributed by atoms with Gasteiger partial charge in [0.05, 0.1) is 6.42 Å². The number of nitrogens with zero attached hydrogens (tertiary/aromatic N) is 1. The number of hydrogen-bond acceptors (Lipinski definition) is 3. The molecule has 4 heteroatoms. The fourth-order valence-electron chi connectivity index (χ4n) is 1.66. The van der Waals surface area contributed by atoms with Crippen LogP contribution in [0.15, 0.2) is 41.0 Å². The van der Waals surface area contributed by atoms with Gasteiger partial charge in [-0.05, 0) is 30.5 Å². The number of carbonyl (C=O) groups is 1. The van der Waals surface area contributed by atoms with E-state index < -0.39 is 0 Å². The van der Waals surface area contributed by atoms with Crippen LogP contribution in [0.25, 0.3) is 0 Å². The summed E-state index contributed by atoms with van der Waals surface area (Å²) in [6, 6.07) is 7.99. The molecule has 0 saturated heterocycles. The van der Waals surface area contributed by atoms with Crippen molar-refractivity contribution < 1.29 is 4.79 Å². The van der Waals surface area contributed by atoms with E-state index in [4.69, 9.17) is 11.5 Å². The van der Waals surface area contributed by atoms with E-state index >= 15 is 0 Å². The Morgan fingerprint density at radius 1 is 1.26 bits per heavy atom. The molecule has 0 fully saturated rings. The van der Waals surface area contributed by atoms with Gasteiger partial charge in [0.15, 0.2) is 0 Å². The Bertz CT molecular complexity index is 487. The van der Waals surface area contributed by atoms with E-state index in [1.807, 2.05) is 24.3 Å². The molecular formula is C15H21N3O. The van der Waals surface area contributed by atoms with Crippen molar-refractivity contribution in [1.82, 2.24) is 0 Å². The first-order chi connectivity index (χ1) is 9.05. The lowest BCUT2D eigenvalue weighted by molar-refractivity contribution is -0.117. The lowest BCUT2D eigenvalue weighted by Crippen LogP contribution is -2.12. The molecule has 1 aromatic carbocycles. The highest BCUT2D eigenvalue weighted by Crippen LogP contribution is 2.06. The summed E-state index contributed by atoms with van der Waals surface area (Å²) in [5.74, 6) is -0.178. The minimum absolute atomic E-state index is 0.178. The molecule has 0 unspecified atom stereocenters. The maximum absolute atomic E-state index is 11.8. The minimum atomic E-state index is -0.178. The van der Waals surface area contributed by atoms with Gasteiger partial charge in [-0.1, -0.05) is 31.2 Å². The molecular weight excluding hydrogens is 238 g/mol. The van der Waals surface area contributed by atoms with Crippen LogP contribution in [0, 0.1) is 0 Å². The molecule has 0 heterocycles. The smallest absolute Gasteiger partial charge is 0.250 e. The summed E-state index contributed by atoms with van der Waals surface area (Å²) in [5.41, 5.74) is 14.3. The Balaban J connectivity index is 2.66. The van der Waals surface area contributed by atoms with Crippen molar-refractivity contribution in [3.05, 3.63) is 47.2 Å². The Morgan fingerprint density at radius 3 is 2.37 bits per heavy atom. The van der Waals surface area contributed by atoms with Crippen LogP contribution in [0.2, 0.25) is 0 Å². The number of carbonyl (C=O) groups excluding carboxylic acids is 1. The van der Waals surface area contributed by atoms with Crippen LogP contribution in [-0.2, 0) is 17.6 Å². The summed E-state index contributed by atoms with van der Waals surface area (Å²) in [5, 5.41) is 0. The first kappa shape index (κ1) is 15.1. The summed E-state index contributed by atoms with van der Waals surface area (Å²) < 4.78 is 0. The number of aliphatic imine (C=N–C) groups is 1. The van der Waals surface area contributed by atoms with Gasteiger partial charge in [0.25, 0.3) is 0 Å². The largest absolute Gasteiger partial charge is 0.401 e. The van der Waals surface area contributed by atoms with Gasteiger partial charge in [-0.2, -0.15) is 0 Å². The molecule has 0 aliphatic heterocycles. The minimum Gasteiger partial charge on any atom is -0.401 e. The van der Waals surface area contributed by atoms with Crippen molar-refractivity contribution in [2.45, 2.75) is 26.7 Å². The summed E-state index contributed by atoms with van der Waals surface area (Å²) in [4.78, 5) is 15.7. The molecule has 0 aromatic heterocycles. The molecule has 1 rings (SSSR count). The van der Waals surface area contributed by atoms with E-state index in [-0.39, 0.29) is 12.5 Å². The molecule has 0 bridgehead atoms. The molecule has 0 aliphatic carbocycles. The lowest BCUT2D eigenvalue weighted by Gasteiger charge is -2.01. The quantitative estimate of drug-likeness (QED) is 0.788. The Hall–Kier alpha value is -1.94. The number of hydrogen-bond donors (Lipinski definition) is 2. The average molecular weight is 259 g/mol. The zero-order valence-electron chi connectivity index (χ0n) is 11.5. The van der Waals surface area contributed by atoms with E-state index in [9.17, 15) is 4.79 Å². The molecule has 102 valence electrons. The Morgan fingerprint density at radius 2 is 1.84 bits per heavy atom. The summed E-state index contributed by atoms with van der Waals surface area (Å²) in [6.45, 7) is 4.10. The van der Waals surface area contributed by atoms with Crippen molar-refractivity contribution in [2.75, 3.05) is 6.54 Å². The standard InChI is InChI=1S/C15H21N3O/c1-3-12-4-6-13(7-5-12)9-15(19)18-11(2)8-14(17)10-16/h4-8H,3,9-10,16-17H2,1-2H3. The van der Waals surface area contributed by atoms with Gasteiger partial charge in [0.2, 0.25) is 5.91 Å². The van der Waals surface area contributed by atoms with Gasteiger partial charge in [0, 0.05) is 18.0 Å². The second-order valence-corrected chi connectivity index (χ2v) is 4.42. The predicted octanol–water partition coefficient (Wildman–Crippen LogP) is 1.58. The third-order valence-electron chi connectivity index (χ3n) is 2.72. The zero-order valence-corrected chi connectivity index (χ0v) is 11.5. The van der Waals surface area contributed by atoms with Gasteiger partial charge in [-0.15, -0.1) is 0 Å². The molecule has 4 N–H and O–H groups in total. The van der Waals surface area contributed by atoms with E-state index in [0.717, 1.165) is 12.0 Å². The Labute approximate surface area is 114 Å². The third-order valence-corrected chi connectivity index (χ3v) is 2.72. The maximum atomic E-state index is 11.8. The van der Waals surface area contributed by atoms with E-state index in [1.165, 1.54) is 5.56 Å². The van der Waals surface area contributed by atoms with Gasteiger partial charge in [-0.25, -0.2) is 4.99 Å². The average Bonchev–Trinajstić information content (AvgIpc) is 2.39. The van der Waals surface area contributed by atoms with Crippen LogP contribution in [0.1, 0.15) is 25.0 Å². The molecule has 1 aromatic rings. The van der Waals surface area contributed by atoms with Crippen LogP contribution in [0.3, 0.4) is 0 Å². The number of rotatable bonds is 5. The number of nitrogens with two attached hydrogens (primary N) is 2. The van der Waals surface area contributed by atoms with Crippen molar-refractivity contribution in [1.29, 1.82) is 0 Å². The van der Waals surface area contributed by atoms with Crippen molar-refractivity contribution in [3.63, 3.8) is 0 Å². The molecule has 0 saturated carbocycles. The topological polar surface area (TPSA) is 81.5 Å². The second-order valence-electron chi connectivity index (χ2n) is 4.42. The van der Waals surface area contributed by atoms with Crippen molar-refractivity contribution >= 4 is 11.6 Å². The molecule has 0 radical (unpaired) electrons. The monoisotopic (exact) mass is 259 g/mol. The third kappa shape index (κ3) is 5.48. The first-order valence-electron chi connectivity index (χ1n) is 6.37. The number of amides is 1. The summed E-state index contributed by atoms with van der Waals surface area (Å²) in [7, 11) is 0. The molecule has 0 aliphatic rings. The summed E-state index contributed by atoms with van der Waals surface area (Å²) >= 11 is 0. The number of aryl methyl sites for hydroxylation is 1. The molecule has 19 heavy (non-hydrogen) atoms. The van der Waals surface area contributed by atoms with Crippen LogP contribution < -0.4 is 11.5 Å². The molecule has 0 atom stereocenters. The number of allylic oxidation sites excluding steroid dienone is 1. The Kier molecular flexibility index (Phi) is 5.96. The van der Waals surface area contributed by atoms with Gasteiger partial charge in [0.1, 0.15) is 0 Å². The highest BCUT2D eigenvalue weighted by Gasteiger charge is 2.02. The predicted molar refractivity (Wildman–Crippen MR) is 79.0 cm³/mol. The van der Waals surface area contributed by atoms with E-state index in [2.05, 4.69) is 11.9 Å². The highest BCUT2D eigenvalue weighted by atomic mass is 16.1. The highest BCUT2D eigenvalue weighted by molar-refractivity contribution is 6.01. The lowest BCUT2D eigenvalue weighted by atomic mass is 10.1. The normalized spacial score (nSPS) is 12.6. The van der Waals surface area contributed by atoms with Gasteiger partial charge >= 0.3 is 0 Å². The second kappa shape index (κ2) is 7.48. The van der Waals surface area contributed by atoms with E-state index in [0.29, 0.717) is 17.8 Å². The molecule has 4 nitrogen and oxygen atoms in total. The van der Waals surface area contributed by atoms with E-state index in [1.54, 1.807) is 13.0 Å². The van der Waals surface area contributed by atoms with Crippen LogP contribution in [-0.4, -0.2) is 18.2 Å². The fraction of sp³-hybridized carbons (Fsp3) is 0.333. The van der Waals surface area contributed by atoms with Crippen LogP contribution >= 0.6 is 0 Å². The first-order valence-corrected chi connectivity index (χ1v) is 6.37. The SMILES string of the molecule is CCc1ccc(CC(=O)N=C(C)C=C(N)CN)cc1. The maximum Gasteiger partial charge on any atom is 0.250 e. The summed E-state index contributed by atoms with van der Waals surface area (Å²) in [6.07, 6.45) is 2.92. The van der Waals surface area contributed by atoms with Gasteiger partial charge < -0.3 is 11.5 Å². The van der Waals surface area contributed by atoms with Crippen molar-refractivity contribution in [3.8, 4) is 0 Å². The van der Waals surface area contributed by atoms with Crippen molar-refractivity contribution in [2.24, 2.45) is 16.5 Å². The van der Waals surface area contributed by atoms with Crippen LogP contribution in [0.4, 0.5) is 0 Å². The van der Waals surface area contributed by atoms with Gasteiger partial charge in [-0.3, -0.25) is 4.79 Å². The number of benzene rings is 1.